The summed E-state index contributed by atoms with van der Waals surface area (Å²) in [6, 6.07) is 89.5. The van der Waals surface area contributed by atoms with Crippen molar-refractivity contribution in [2.24, 2.45) is 0 Å². The molecule has 0 radical (unpaired) electrons. The highest BCUT2D eigenvalue weighted by molar-refractivity contribution is 5.93. The summed E-state index contributed by atoms with van der Waals surface area (Å²) >= 11 is 0. The molecule has 0 N–H and O–H groups in total. The highest BCUT2D eigenvalue weighted by atomic mass is 16.6. The van der Waals surface area contributed by atoms with Gasteiger partial charge in [-0.05, 0) is 92.0 Å². The Bertz CT molecular complexity index is 3580. The summed E-state index contributed by atoms with van der Waals surface area (Å²) in [6.45, 7) is 0. The van der Waals surface area contributed by atoms with E-state index in [1.54, 1.807) is 0 Å². The summed E-state index contributed by atoms with van der Waals surface area (Å²) in [5.74, 6) is 3.34. The zero-order valence-corrected chi connectivity index (χ0v) is 37.5. The van der Waals surface area contributed by atoms with Crippen molar-refractivity contribution in [2.75, 3.05) is 0 Å². The van der Waals surface area contributed by atoms with E-state index in [4.69, 9.17) is 19.4 Å². The van der Waals surface area contributed by atoms with Crippen LogP contribution in [0.4, 0.5) is 0 Å². The molecule has 2 heterocycles. The molecule has 0 unspecified atom stereocenters. The number of rotatable bonds is 8. The van der Waals surface area contributed by atoms with Gasteiger partial charge in [0.25, 0.3) is 0 Å². The van der Waals surface area contributed by atoms with Crippen molar-refractivity contribution in [3.63, 3.8) is 0 Å². The summed E-state index contributed by atoms with van der Waals surface area (Å²) in [7, 11) is 0. The van der Waals surface area contributed by atoms with Crippen molar-refractivity contribution in [1.29, 1.82) is 0 Å². The van der Waals surface area contributed by atoms with Gasteiger partial charge in [0.1, 0.15) is 0 Å². The van der Waals surface area contributed by atoms with Crippen molar-refractivity contribution in [2.45, 2.75) is 5.41 Å². The largest absolute Gasteiger partial charge is 0.449 e. The zero-order chi connectivity index (χ0) is 45.7. The van der Waals surface area contributed by atoms with Gasteiger partial charge in [-0.25, -0.2) is 9.97 Å². The van der Waals surface area contributed by atoms with E-state index in [9.17, 15) is 0 Å². The maximum atomic E-state index is 7.27. The lowest BCUT2D eigenvalue weighted by Gasteiger charge is -2.34. The average molecular weight is 883 g/mol. The number of nitrogens with zero attached hydrogens (tertiary/aromatic N) is 2. The second-order valence-electron chi connectivity index (χ2n) is 17.6. The second kappa shape index (κ2) is 16.6. The Kier molecular flexibility index (Phi) is 9.69. The van der Waals surface area contributed by atoms with E-state index in [0.717, 1.165) is 78.1 Å². The molecule has 1 aromatic heterocycles. The molecule has 0 saturated carbocycles. The number of fused-ring (bicyclic) bond motifs is 6. The molecule has 0 fully saturated rings. The minimum atomic E-state index is -0.569. The van der Waals surface area contributed by atoms with Crippen LogP contribution in [0.25, 0.3) is 78.4 Å². The Balaban J connectivity index is 0.937. The Hall–Kier alpha value is -9.12. The smallest absolute Gasteiger partial charge is 0.178 e. The molecule has 10 aromatic carbocycles. The van der Waals surface area contributed by atoms with E-state index < -0.39 is 5.41 Å². The van der Waals surface area contributed by atoms with Crippen LogP contribution in [-0.2, 0) is 5.41 Å². The molecule has 0 saturated heterocycles. The summed E-state index contributed by atoms with van der Waals surface area (Å²) in [5, 5.41) is 0. The van der Waals surface area contributed by atoms with Gasteiger partial charge in [0.05, 0.1) is 16.8 Å². The number of hydrogen-bond donors (Lipinski definition) is 0. The van der Waals surface area contributed by atoms with Crippen molar-refractivity contribution in [1.82, 2.24) is 9.97 Å². The molecule has 0 bridgehead atoms. The molecule has 1 aliphatic heterocycles. The topological polar surface area (TPSA) is 44.2 Å². The molecule has 13 rings (SSSR count). The van der Waals surface area contributed by atoms with Gasteiger partial charge < -0.3 is 9.47 Å². The molecule has 0 spiro atoms. The lowest BCUT2D eigenvalue weighted by Crippen LogP contribution is -2.28. The van der Waals surface area contributed by atoms with Gasteiger partial charge in [0.2, 0.25) is 0 Å². The Morgan fingerprint density at radius 1 is 0.290 bits per heavy atom. The minimum absolute atomic E-state index is 0.569. The number of aromatic nitrogens is 2. The monoisotopic (exact) mass is 882 g/mol. The maximum Gasteiger partial charge on any atom is 0.178 e. The summed E-state index contributed by atoms with van der Waals surface area (Å²) in [6.07, 6.45) is 0. The highest BCUT2D eigenvalue weighted by Gasteiger charge is 2.48. The quantitative estimate of drug-likeness (QED) is 0.152. The molecule has 69 heavy (non-hydrogen) atoms. The first-order valence-electron chi connectivity index (χ1n) is 23.4. The number of para-hydroxylation sites is 1. The fourth-order valence-electron chi connectivity index (χ4n) is 10.5. The van der Waals surface area contributed by atoms with Gasteiger partial charge in [0.15, 0.2) is 28.8 Å². The number of ether oxygens (including phenoxy) is 2. The normalized spacial score (nSPS) is 12.7. The van der Waals surface area contributed by atoms with E-state index in [-0.39, 0.29) is 0 Å². The van der Waals surface area contributed by atoms with E-state index >= 15 is 0 Å². The van der Waals surface area contributed by atoms with Crippen LogP contribution in [0.2, 0.25) is 0 Å². The van der Waals surface area contributed by atoms with Gasteiger partial charge in [0, 0.05) is 27.8 Å². The minimum Gasteiger partial charge on any atom is -0.449 e. The Labute approximate surface area is 401 Å². The molecule has 4 heteroatoms. The Morgan fingerprint density at radius 2 is 0.754 bits per heavy atom. The highest BCUT2D eigenvalue weighted by Crippen LogP contribution is 2.63. The van der Waals surface area contributed by atoms with E-state index in [1.165, 1.54) is 16.7 Å². The van der Waals surface area contributed by atoms with Crippen LogP contribution in [0.5, 0.6) is 23.0 Å². The standard InChI is InChI=1S/C65H42N2O2/c1-5-19-43(20-6-1)45-23-15-26-48(39-45)57-42-58(49-27-16-24-46(40-49)44-21-7-2-8-22-44)67-64(66-57)50-28-17-25-47(41-50)53-34-18-36-59-62(53)69-63-60(68-59)38-37-56-61(63)54-33-13-14-35-55(54)65(56,51-29-9-3-10-30-51)52-31-11-4-12-32-52/h1-42H. The van der Waals surface area contributed by atoms with E-state index in [1.807, 2.05) is 24.3 Å². The third-order valence-electron chi connectivity index (χ3n) is 13.6. The van der Waals surface area contributed by atoms with Crippen LogP contribution >= 0.6 is 0 Å². The van der Waals surface area contributed by atoms with E-state index in [2.05, 4.69) is 231 Å². The average Bonchev–Trinajstić information content (AvgIpc) is 3.75. The summed E-state index contributed by atoms with van der Waals surface area (Å²) in [5.41, 5.74) is 17.3. The molecule has 11 aromatic rings. The SMILES string of the molecule is c1ccc(-c2cccc(-c3cc(-c4cccc(-c5ccccc5)c4)nc(-c4cccc(-c5cccc6c5Oc5c(ccc7c5-c5ccccc5C7(c5ccccc5)c5ccccc5)O6)c4)n3)c2)cc1. The molecule has 324 valence electrons. The summed E-state index contributed by atoms with van der Waals surface area (Å²) in [4.78, 5) is 10.6. The van der Waals surface area contributed by atoms with Crippen molar-refractivity contribution in [3.8, 4) is 101 Å². The fourth-order valence-corrected chi connectivity index (χ4v) is 10.5. The first-order valence-corrected chi connectivity index (χ1v) is 23.4. The first kappa shape index (κ1) is 40.2. The van der Waals surface area contributed by atoms with Crippen molar-refractivity contribution < 1.29 is 9.47 Å². The predicted molar refractivity (Wildman–Crippen MR) is 279 cm³/mol. The number of hydrogen-bond acceptors (Lipinski definition) is 4. The zero-order valence-electron chi connectivity index (χ0n) is 37.5. The van der Waals surface area contributed by atoms with Gasteiger partial charge in [-0.2, -0.15) is 0 Å². The van der Waals surface area contributed by atoms with Gasteiger partial charge in [-0.3, -0.25) is 0 Å². The third kappa shape index (κ3) is 6.84. The van der Waals surface area contributed by atoms with Gasteiger partial charge in [-0.1, -0.05) is 218 Å². The van der Waals surface area contributed by atoms with Gasteiger partial charge in [-0.15, -0.1) is 0 Å². The second-order valence-corrected chi connectivity index (χ2v) is 17.6. The Morgan fingerprint density at radius 3 is 1.38 bits per heavy atom. The lowest BCUT2D eigenvalue weighted by atomic mass is 9.68. The third-order valence-corrected chi connectivity index (χ3v) is 13.6. The van der Waals surface area contributed by atoms with Crippen LogP contribution < -0.4 is 9.47 Å². The lowest BCUT2D eigenvalue weighted by molar-refractivity contribution is 0.361. The van der Waals surface area contributed by atoms with Crippen LogP contribution in [0, 0.1) is 0 Å². The molecular weight excluding hydrogens is 841 g/mol. The maximum absolute atomic E-state index is 7.27. The van der Waals surface area contributed by atoms with Crippen LogP contribution in [-0.4, -0.2) is 9.97 Å². The molecule has 2 aliphatic rings. The van der Waals surface area contributed by atoms with Crippen LogP contribution in [0.1, 0.15) is 22.3 Å². The van der Waals surface area contributed by atoms with Gasteiger partial charge >= 0.3 is 0 Å². The molecule has 1 aliphatic carbocycles. The first-order chi connectivity index (χ1) is 34.2. The molecule has 4 nitrogen and oxygen atoms in total. The van der Waals surface area contributed by atoms with Crippen molar-refractivity contribution >= 4 is 0 Å². The molecule has 0 atom stereocenters. The van der Waals surface area contributed by atoms with Crippen molar-refractivity contribution in [3.05, 3.63) is 277 Å². The number of benzene rings is 10. The van der Waals surface area contributed by atoms with E-state index in [0.29, 0.717) is 28.8 Å². The predicted octanol–water partition coefficient (Wildman–Crippen LogP) is 16.7. The van der Waals surface area contributed by atoms with Crippen LogP contribution in [0.3, 0.4) is 0 Å². The molecule has 0 amide bonds. The van der Waals surface area contributed by atoms with Crippen LogP contribution in [0.15, 0.2) is 255 Å². The molecular formula is C65H42N2O2. The fraction of sp³-hybridized carbons (Fsp3) is 0.0154. The summed E-state index contributed by atoms with van der Waals surface area (Å²) < 4.78 is 14.1.